The van der Waals surface area contributed by atoms with Crippen molar-refractivity contribution in [3.63, 3.8) is 0 Å². The predicted octanol–water partition coefficient (Wildman–Crippen LogP) is 2.38. The fourth-order valence-corrected chi connectivity index (χ4v) is 3.74. The van der Waals surface area contributed by atoms with Gasteiger partial charge >= 0.3 is 5.69 Å². The van der Waals surface area contributed by atoms with Crippen LogP contribution in [0.1, 0.15) is 5.56 Å². The second kappa shape index (κ2) is 7.98. The molecule has 2 heterocycles. The lowest BCUT2D eigenvalue weighted by Crippen LogP contribution is -2.15. The molecular formula is C17H14BrN7O2S. The molecule has 3 N–H and O–H groups in total. The molecule has 0 spiro atoms. The van der Waals surface area contributed by atoms with E-state index in [1.165, 1.54) is 11.8 Å². The Morgan fingerprint density at radius 3 is 2.71 bits per heavy atom. The monoisotopic (exact) mass is 459 g/mol. The summed E-state index contributed by atoms with van der Waals surface area (Å²) in [5, 5.41) is 15.0. The number of rotatable bonds is 6. The lowest BCUT2D eigenvalue weighted by molar-refractivity contribution is -0.113. The van der Waals surface area contributed by atoms with Gasteiger partial charge in [-0.05, 0) is 44.1 Å². The number of nitrogens with zero attached hydrogens (tertiary/aromatic N) is 4. The largest absolute Gasteiger partial charge is 0.324 e. The summed E-state index contributed by atoms with van der Waals surface area (Å²) in [7, 11) is 0. The SMILES string of the molecule is O=C(CSc1nnnn1Cc1ccccc1)Nc1cc2[nH]c(=O)[nH]c2cc1Br. The Labute approximate surface area is 171 Å². The fourth-order valence-electron chi connectivity index (χ4n) is 2.62. The molecular weight excluding hydrogens is 446 g/mol. The van der Waals surface area contributed by atoms with E-state index >= 15 is 0 Å². The van der Waals surface area contributed by atoms with Gasteiger partial charge in [0.1, 0.15) is 0 Å². The highest BCUT2D eigenvalue weighted by Crippen LogP contribution is 2.26. The van der Waals surface area contributed by atoms with Crippen molar-refractivity contribution in [2.75, 3.05) is 11.1 Å². The summed E-state index contributed by atoms with van der Waals surface area (Å²) in [6, 6.07) is 13.2. The lowest BCUT2D eigenvalue weighted by atomic mass is 10.2. The van der Waals surface area contributed by atoms with Crippen LogP contribution in [0.5, 0.6) is 0 Å². The van der Waals surface area contributed by atoms with Crippen LogP contribution in [-0.2, 0) is 11.3 Å². The van der Waals surface area contributed by atoms with Crippen LogP contribution in [0.3, 0.4) is 0 Å². The number of hydrogen-bond donors (Lipinski definition) is 3. The fraction of sp³-hybridized carbons (Fsp3) is 0.118. The minimum absolute atomic E-state index is 0.142. The van der Waals surface area contributed by atoms with Gasteiger partial charge < -0.3 is 15.3 Å². The van der Waals surface area contributed by atoms with Gasteiger partial charge in [-0.25, -0.2) is 9.48 Å². The Bertz CT molecular complexity index is 1190. The number of carbonyl (C=O) groups is 1. The number of aromatic nitrogens is 6. The minimum atomic E-state index is -0.300. The molecule has 4 rings (SSSR count). The van der Waals surface area contributed by atoms with E-state index in [0.29, 0.717) is 32.9 Å². The van der Waals surface area contributed by atoms with Crippen LogP contribution < -0.4 is 11.0 Å². The van der Waals surface area contributed by atoms with Crippen LogP contribution in [0, 0.1) is 0 Å². The van der Waals surface area contributed by atoms with Crippen molar-refractivity contribution in [2.24, 2.45) is 0 Å². The molecule has 0 aliphatic heterocycles. The Morgan fingerprint density at radius 1 is 1.18 bits per heavy atom. The van der Waals surface area contributed by atoms with Gasteiger partial charge in [0.25, 0.3) is 0 Å². The van der Waals surface area contributed by atoms with E-state index in [9.17, 15) is 9.59 Å². The molecule has 11 heteroatoms. The first-order valence-corrected chi connectivity index (χ1v) is 10.0. The number of halogens is 1. The number of nitrogens with one attached hydrogen (secondary N) is 3. The van der Waals surface area contributed by atoms with Crippen LogP contribution in [-0.4, -0.2) is 41.8 Å². The van der Waals surface area contributed by atoms with Gasteiger partial charge in [0.2, 0.25) is 11.1 Å². The molecule has 142 valence electrons. The molecule has 0 saturated heterocycles. The molecule has 0 fully saturated rings. The normalized spacial score (nSPS) is 11.0. The third-order valence-corrected chi connectivity index (χ3v) is 5.50. The number of hydrogen-bond acceptors (Lipinski definition) is 6. The lowest BCUT2D eigenvalue weighted by Gasteiger charge is -2.08. The molecule has 0 radical (unpaired) electrons. The maximum Gasteiger partial charge on any atom is 0.323 e. The molecule has 28 heavy (non-hydrogen) atoms. The van der Waals surface area contributed by atoms with Gasteiger partial charge in [-0.2, -0.15) is 0 Å². The Hall–Kier alpha value is -2.92. The molecule has 0 saturated carbocycles. The van der Waals surface area contributed by atoms with Crippen LogP contribution >= 0.6 is 27.7 Å². The van der Waals surface area contributed by atoms with Crippen molar-refractivity contribution >= 4 is 50.3 Å². The summed E-state index contributed by atoms with van der Waals surface area (Å²) >= 11 is 4.65. The molecule has 1 amide bonds. The molecule has 0 aliphatic carbocycles. The molecule has 2 aromatic carbocycles. The van der Waals surface area contributed by atoms with Crippen LogP contribution in [0.4, 0.5) is 5.69 Å². The smallest absolute Gasteiger partial charge is 0.323 e. The van der Waals surface area contributed by atoms with Crippen LogP contribution in [0.15, 0.2) is 56.9 Å². The van der Waals surface area contributed by atoms with E-state index in [0.717, 1.165) is 5.56 Å². The number of carbonyl (C=O) groups excluding carboxylic acids is 1. The van der Waals surface area contributed by atoms with E-state index in [4.69, 9.17) is 0 Å². The summed E-state index contributed by atoms with van der Waals surface area (Å²) in [4.78, 5) is 29.1. The summed E-state index contributed by atoms with van der Waals surface area (Å²) in [6.45, 7) is 0.529. The number of fused-ring (bicyclic) bond motifs is 1. The van der Waals surface area contributed by atoms with Gasteiger partial charge in [-0.1, -0.05) is 42.1 Å². The maximum atomic E-state index is 12.4. The number of thioether (sulfide) groups is 1. The third-order valence-electron chi connectivity index (χ3n) is 3.88. The second-order valence-electron chi connectivity index (χ2n) is 5.90. The zero-order chi connectivity index (χ0) is 19.5. The molecule has 0 aliphatic rings. The van der Waals surface area contributed by atoms with E-state index in [1.54, 1.807) is 16.8 Å². The standard InChI is InChI=1S/C17H14BrN7O2S/c18-11-6-13-14(21-16(27)20-13)7-12(11)19-15(26)9-28-17-22-23-24-25(17)8-10-4-2-1-3-5-10/h1-7H,8-9H2,(H,19,26)(H2,20,21,27). The van der Waals surface area contributed by atoms with Gasteiger partial charge in [0, 0.05) is 4.47 Å². The van der Waals surface area contributed by atoms with Crippen molar-refractivity contribution in [3.05, 3.63) is 63.0 Å². The number of aromatic amines is 2. The number of anilines is 1. The number of H-pyrrole nitrogens is 2. The highest BCUT2D eigenvalue weighted by atomic mass is 79.9. The van der Waals surface area contributed by atoms with Crippen molar-refractivity contribution < 1.29 is 4.79 Å². The third kappa shape index (κ3) is 4.15. The summed E-state index contributed by atoms with van der Waals surface area (Å²) < 4.78 is 2.32. The van der Waals surface area contributed by atoms with Gasteiger partial charge in [-0.15, -0.1) is 5.10 Å². The van der Waals surface area contributed by atoms with E-state index in [-0.39, 0.29) is 17.3 Å². The first kappa shape index (κ1) is 18.4. The van der Waals surface area contributed by atoms with Crippen molar-refractivity contribution in [1.29, 1.82) is 0 Å². The highest BCUT2D eigenvalue weighted by Gasteiger charge is 2.13. The Balaban J connectivity index is 1.41. The maximum absolute atomic E-state index is 12.4. The van der Waals surface area contributed by atoms with E-state index < -0.39 is 0 Å². The second-order valence-corrected chi connectivity index (χ2v) is 7.70. The molecule has 0 unspecified atom stereocenters. The quantitative estimate of drug-likeness (QED) is 0.380. The van der Waals surface area contributed by atoms with Gasteiger partial charge in [0.15, 0.2) is 0 Å². The zero-order valence-corrected chi connectivity index (χ0v) is 16.7. The average molecular weight is 460 g/mol. The topological polar surface area (TPSA) is 121 Å². The van der Waals surface area contributed by atoms with E-state index in [2.05, 4.69) is 46.7 Å². The number of benzene rings is 2. The molecule has 2 aromatic heterocycles. The zero-order valence-electron chi connectivity index (χ0n) is 14.3. The van der Waals surface area contributed by atoms with Crippen LogP contribution in [0.25, 0.3) is 11.0 Å². The Morgan fingerprint density at radius 2 is 1.93 bits per heavy atom. The van der Waals surface area contributed by atoms with E-state index in [1.807, 2.05) is 30.3 Å². The number of amides is 1. The summed E-state index contributed by atoms with van der Waals surface area (Å²) in [6.07, 6.45) is 0. The molecule has 0 bridgehead atoms. The van der Waals surface area contributed by atoms with Crippen LogP contribution in [0.2, 0.25) is 0 Å². The molecule has 4 aromatic rings. The summed E-state index contributed by atoms with van der Waals surface area (Å²) in [5.74, 6) is -0.0688. The van der Waals surface area contributed by atoms with Crippen molar-refractivity contribution in [3.8, 4) is 0 Å². The Kier molecular flexibility index (Phi) is 5.26. The van der Waals surface area contributed by atoms with Gasteiger partial charge in [0.05, 0.1) is 29.0 Å². The highest BCUT2D eigenvalue weighted by molar-refractivity contribution is 9.10. The minimum Gasteiger partial charge on any atom is -0.324 e. The predicted molar refractivity (Wildman–Crippen MR) is 109 cm³/mol. The molecule has 0 atom stereocenters. The molecule has 9 nitrogen and oxygen atoms in total. The average Bonchev–Trinajstić information content (AvgIpc) is 3.26. The number of imidazole rings is 1. The number of tetrazole rings is 1. The first-order chi connectivity index (χ1) is 13.6. The van der Waals surface area contributed by atoms with Crippen molar-refractivity contribution in [2.45, 2.75) is 11.7 Å². The van der Waals surface area contributed by atoms with Crippen molar-refractivity contribution in [1.82, 2.24) is 30.2 Å². The first-order valence-electron chi connectivity index (χ1n) is 8.23. The summed E-state index contributed by atoms with van der Waals surface area (Å²) in [5.41, 5.74) is 2.61. The van der Waals surface area contributed by atoms with Gasteiger partial charge in [-0.3, -0.25) is 4.79 Å².